The van der Waals surface area contributed by atoms with Crippen LogP contribution in [0.5, 0.6) is 0 Å². The van der Waals surface area contributed by atoms with Crippen LogP contribution >= 0.6 is 0 Å². The van der Waals surface area contributed by atoms with E-state index in [9.17, 15) is 8.42 Å². The largest absolute Gasteiger partial charge is 0.324 e. The van der Waals surface area contributed by atoms with Crippen molar-refractivity contribution in [3.63, 3.8) is 0 Å². The lowest BCUT2D eigenvalue weighted by molar-refractivity contribution is 0.577. The van der Waals surface area contributed by atoms with Crippen LogP contribution in [0.15, 0.2) is 0 Å². The molecule has 0 spiro atoms. The number of rotatable bonds is 5. The fourth-order valence-corrected chi connectivity index (χ4v) is 2.70. The molecule has 0 saturated heterocycles. The van der Waals surface area contributed by atoms with Gasteiger partial charge in [-0.3, -0.25) is 4.68 Å². The van der Waals surface area contributed by atoms with Crippen molar-refractivity contribution < 1.29 is 8.42 Å². The van der Waals surface area contributed by atoms with E-state index in [0.717, 1.165) is 17.0 Å². The molecule has 1 aromatic heterocycles. The lowest BCUT2D eigenvalue weighted by atomic mass is 10.1. The summed E-state index contributed by atoms with van der Waals surface area (Å²) in [4.78, 5) is 0. The van der Waals surface area contributed by atoms with Crippen LogP contribution < -0.4 is 5.73 Å². The Balaban J connectivity index is 2.91. The summed E-state index contributed by atoms with van der Waals surface area (Å²) in [5, 5.41) is 4.34. The van der Waals surface area contributed by atoms with Crippen molar-refractivity contribution in [2.24, 2.45) is 5.73 Å². The van der Waals surface area contributed by atoms with Crippen LogP contribution in [0.3, 0.4) is 0 Å². The van der Waals surface area contributed by atoms with Crippen molar-refractivity contribution >= 4 is 9.84 Å². The second-order valence-corrected chi connectivity index (χ2v) is 6.81. The molecular formula is C11H21N3O2S. The first-order valence-corrected chi connectivity index (χ1v) is 7.60. The third-order valence-electron chi connectivity index (χ3n) is 2.95. The van der Waals surface area contributed by atoms with Crippen LogP contribution in [0.25, 0.3) is 0 Å². The molecular weight excluding hydrogens is 238 g/mol. The molecule has 0 aromatic carbocycles. The molecule has 1 heterocycles. The zero-order valence-electron chi connectivity index (χ0n) is 10.9. The predicted molar refractivity (Wildman–Crippen MR) is 68.6 cm³/mol. The van der Waals surface area contributed by atoms with Gasteiger partial charge in [-0.15, -0.1) is 0 Å². The number of aromatic nitrogens is 2. The highest BCUT2D eigenvalue weighted by Gasteiger charge is 2.16. The average molecular weight is 259 g/mol. The van der Waals surface area contributed by atoms with Crippen molar-refractivity contribution in [1.29, 1.82) is 0 Å². The quantitative estimate of drug-likeness (QED) is 0.854. The second kappa shape index (κ2) is 5.18. The van der Waals surface area contributed by atoms with E-state index < -0.39 is 9.84 Å². The van der Waals surface area contributed by atoms with Crippen LogP contribution in [-0.4, -0.2) is 29.7 Å². The first kappa shape index (κ1) is 14.2. The molecule has 0 saturated carbocycles. The Kier molecular flexibility index (Phi) is 4.32. The topological polar surface area (TPSA) is 78.0 Å². The van der Waals surface area contributed by atoms with Gasteiger partial charge in [-0.2, -0.15) is 5.10 Å². The van der Waals surface area contributed by atoms with Gasteiger partial charge in [0, 0.05) is 23.1 Å². The summed E-state index contributed by atoms with van der Waals surface area (Å²) >= 11 is 0. The highest BCUT2D eigenvalue weighted by molar-refractivity contribution is 7.91. The van der Waals surface area contributed by atoms with Crippen LogP contribution in [0.4, 0.5) is 0 Å². The minimum absolute atomic E-state index is 0.0773. The molecule has 0 fully saturated rings. The molecule has 5 nitrogen and oxygen atoms in total. The van der Waals surface area contributed by atoms with E-state index in [0.29, 0.717) is 6.54 Å². The van der Waals surface area contributed by atoms with E-state index in [1.54, 1.807) is 11.6 Å². The third kappa shape index (κ3) is 3.29. The van der Waals surface area contributed by atoms with Gasteiger partial charge in [0.25, 0.3) is 0 Å². The third-order valence-corrected chi connectivity index (χ3v) is 4.63. The molecule has 0 aliphatic rings. The first-order valence-electron chi connectivity index (χ1n) is 5.78. The zero-order valence-corrected chi connectivity index (χ0v) is 11.7. The Morgan fingerprint density at radius 3 is 2.41 bits per heavy atom. The minimum atomic E-state index is -2.95. The maximum absolute atomic E-state index is 11.4. The Hall–Kier alpha value is -0.880. The fraction of sp³-hybridized carbons (Fsp3) is 0.727. The number of hydrogen-bond acceptors (Lipinski definition) is 4. The van der Waals surface area contributed by atoms with E-state index in [-0.39, 0.29) is 17.5 Å². The predicted octanol–water partition coefficient (Wildman–Crippen LogP) is 0.954. The van der Waals surface area contributed by atoms with Gasteiger partial charge in [-0.25, -0.2) is 8.42 Å². The summed E-state index contributed by atoms with van der Waals surface area (Å²) in [5.41, 5.74) is 8.72. The number of nitrogens with two attached hydrogens (primary N) is 1. The number of aryl methyl sites for hydroxylation is 2. The van der Waals surface area contributed by atoms with Crippen LogP contribution in [0.1, 0.15) is 36.8 Å². The van der Waals surface area contributed by atoms with E-state index in [4.69, 9.17) is 5.73 Å². The zero-order chi connectivity index (χ0) is 13.2. The van der Waals surface area contributed by atoms with Gasteiger partial charge in [0.1, 0.15) is 0 Å². The molecule has 0 amide bonds. The summed E-state index contributed by atoms with van der Waals surface area (Å²) < 4.78 is 24.6. The van der Waals surface area contributed by atoms with Gasteiger partial charge in [0.15, 0.2) is 9.84 Å². The van der Waals surface area contributed by atoms with Gasteiger partial charge in [-0.05, 0) is 20.8 Å². The SMILES string of the molecule is CCS(=O)(=O)CCn1nc(C)c(C(C)N)c1C. The van der Waals surface area contributed by atoms with Gasteiger partial charge >= 0.3 is 0 Å². The average Bonchev–Trinajstić information content (AvgIpc) is 2.51. The Morgan fingerprint density at radius 2 is 2.00 bits per heavy atom. The lowest BCUT2D eigenvalue weighted by Crippen LogP contribution is -2.16. The smallest absolute Gasteiger partial charge is 0.151 e. The Morgan fingerprint density at radius 1 is 1.41 bits per heavy atom. The van der Waals surface area contributed by atoms with Crippen LogP contribution in [0.2, 0.25) is 0 Å². The summed E-state index contributed by atoms with van der Waals surface area (Å²) in [6.45, 7) is 7.79. The molecule has 6 heteroatoms. The summed E-state index contributed by atoms with van der Waals surface area (Å²) in [5.74, 6) is 0.302. The van der Waals surface area contributed by atoms with E-state index in [2.05, 4.69) is 5.10 Å². The summed E-state index contributed by atoms with van der Waals surface area (Å²) in [7, 11) is -2.95. The van der Waals surface area contributed by atoms with Gasteiger partial charge < -0.3 is 5.73 Å². The van der Waals surface area contributed by atoms with E-state index >= 15 is 0 Å². The Labute approximate surface area is 103 Å². The normalized spacial score (nSPS) is 13.9. The molecule has 98 valence electrons. The van der Waals surface area contributed by atoms with Crippen molar-refractivity contribution in [2.45, 2.75) is 40.3 Å². The molecule has 1 rings (SSSR count). The van der Waals surface area contributed by atoms with Crippen molar-refractivity contribution in [1.82, 2.24) is 9.78 Å². The number of sulfone groups is 1. The second-order valence-electron chi connectivity index (χ2n) is 4.33. The molecule has 17 heavy (non-hydrogen) atoms. The molecule has 0 aliphatic carbocycles. The van der Waals surface area contributed by atoms with Gasteiger partial charge in [-0.1, -0.05) is 6.92 Å². The highest BCUT2D eigenvalue weighted by Crippen LogP contribution is 2.19. The molecule has 0 aliphatic heterocycles. The number of hydrogen-bond donors (Lipinski definition) is 1. The van der Waals surface area contributed by atoms with Crippen molar-refractivity contribution in [3.8, 4) is 0 Å². The fourth-order valence-electron chi connectivity index (χ4n) is 1.96. The molecule has 1 aromatic rings. The summed E-state index contributed by atoms with van der Waals surface area (Å²) in [6, 6.07) is -0.0773. The van der Waals surface area contributed by atoms with E-state index in [1.165, 1.54) is 0 Å². The standard InChI is InChI=1S/C11H21N3O2S/c1-5-17(15,16)7-6-14-10(4)11(8(2)12)9(3)13-14/h8H,5-7,12H2,1-4H3. The maximum Gasteiger partial charge on any atom is 0.151 e. The van der Waals surface area contributed by atoms with Crippen LogP contribution in [-0.2, 0) is 16.4 Å². The molecule has 1 unspecified atom stereocenters. The molecule has 0 bridgehead atoms. The lowest BCUT2D eigenvalue weighted by Gasteiger charge is -2.07. The monoisotopic (exact) mass is 259 g/mol. The van der Waals surface area contributed by atoms with Crippen molar-refractivity contribution in [3.05, 3.63) is 17.0 Å². The molecule has 0 radical (unpaired) electrons. The Bertz CT molecular complexity index is 489. The van der Waals surface area contributed by atoms with Gasteiger partial charge in [0.2, 0.25) is 0 Å². The first-order chi connectivity index (χ1) is 7.78. The number of nitrogens with zero attached hydrogens (tertiary/aromatic N) is 2. The van der Waals surface area contributed by atoms with Gasteiger partial charge in [0.05, 0.1) is 18.0 Å². The molecule has 2 N–H and O–H groups in total. The minimum Gasteiger partial charge on any atom is -0.324 e. The maximum atomic E-state index is 11.4. The summed E-state index contributed by atoms with van der Waals surface area (Å²) in [6.07, 6.45) is 0. The van der Waals surface area contributed by atoms with E-state index in [1.807, 2.05) is 20.8 Å². The highest BCUT2D eigenvalue weighted by atomic mass is 32.2. The van der Waals surface area contributed by atoms with Crippen molar-refractivity contribution in [2.75, 3.05) is 11.5 Å². The molecule has 1 atom stereocenters. The van der Waals surface area contributed by atoms with Crippen LogP contribution in [0, 0.1) is 13.8 Å².